The molecular formula is C13H15BrN4O. The number of hydrogen-bond acceptors (Lipinski definition) is 5. The van der Waals surface area contributed by atoms with Gasteiger partial charge in [0.05, 0.1) is 6.54 Å². The molecule has 1 fully saturated rings. The summed E-state index contributed by atoms with van der Waals surface area (Å²) in [6.45, 7) is 2.57. The molecule has 0 amide bonds. The largest absolute Gasteiger partial charge is 0.419 e. The highest BCUT2D eigenvalue weighted by Gasteiger charge is 2.21. The molecule has 0 aliphatic carbocycles. The topological polar surface area (TPSA) is 68.2 Å². The third-order valence-electron chi connectivity index (χ3n) is 3.23. The molecule has 2 N–H and O–H groups in total. The maximum Gasteiger partial charge on any atom is 0.247 e. The average molecular weight is 323 g/mol. The van der Waals surface area contributed by atoms with Crippen LogP contribution in [0.5, 0.6) is 0 Å². The maximum absolute atomic E-state index is 5.88. The second kappa shape index (κ2) is 5.40. The van der Waals surface area contributed by atoms with E-state index in [2.05, 4.69) is 31.0 Å². The first-order valence-electron chi connectivity index (χ1n) is 6.27. The van der Waals surface area contributed by atoms with Crippen LogP contribution in [0.15, 0.2) is 33.2 Å². The Morgan fingerprint density at radius 2 is 2.11 bits per heavy atom. The van der Waals surface area contributed by atoms with E-state index in [9.17, 15) is 0 Å². The number of nitrogens with zero attached hydrogens (tertiary/aromatic N) is 3. The van der Waals surface area contributed by atoms with Gasteiger partial charge in [0.2, 0.25) is 11.8 Å². The van der Waals surface area contributed by atoms with Gasteiger partial charge in [-0.2, -0.15) is 0 Å². The van der Waals surface area contributed by atoms with E-state index in [-0.39, 0.29) is 6.04 Å². The fourth-order valence-electron chi connectivity index (χ4n) is 2.22. The lowest BCUT2D eigenvalue weighted by Crippen LogP contribution is -2.26. The first kappa shape index (κ1) is 12.8. The highest BCUT2D eigenvalue weighted by Crippen LogP contribution is 2.21. The molecule has 2 aromatic rings. The van der Waals surface area contributed by atoms with Gasteiger partial charge in [0, 0.05) is 29.2 Å². The highest BCUT2D eigenvalue weighted by molar-refractivity contribution is 9.10. The summed E-state index contributed by atoms with van der Waals surface area (Å²) in [5.74, 6) is 1.21. The van der Waals surface area contributed by atoms with Gasteiger partial charge in [0.1, 0.15) is 0 Å². The smallest absolute Gasteiger partial charge is 0.247 e. The van der Waals surface area contributed by atoms with Crippen LogP contribution in [0.4, 0.5) is 0 Å². The van der Waals surface area contributed by atoms with Crippen LogP contribution >= 0.6 is 15.9 Å². The zero-order chi connectivity index (χ0) is 13.2. The fraction of sp³-hybridized carbons (Fsp3) is 0.385. The van der Waals surface area contributed by atoms with E-state index >= 15 is 0 Å². The highest BCUT2D eigenvalue weighted by atomic mass is 79.9. The van der Waals surface area contributed by atoms with Gasteiger partial charge in [-0.25, -0.2) is 0 Å². The van der Waals surface area contributed by atoms with Gasteiger partial charge in [-0.3, -0.25) is 4.90 Å². The third kappa shape index (κ3) is 3.02. The Hall–Kier alpha value is -1.24. The Labute approximate surface area is 119 Å². The predicted molar refractivity (Wildman–Crippen MR) is 75.3 cm³/mol. The van der Waals surface area contributed by atoms with Gasteiger partial charge in [-0.15, -0.1) is 10.2 Å². The van der Waals surface area contributed by atoms with E-state index in [1.165, 1.54) is 0 Å². The van der Waals surface area contributed by atoms with Gasteiger partial charge in [0.25, 0.3) is 0 Å². The second-order valence-electron chi connectivity index (χ2n) is 4.79. The summed E-state index contributed by atoms with van der Waals surface area (Å²) in [5, 5.41) is 8.18. The molecule has 3 rings (SSSR count). The molecule has 1 atom stereocenters. The molecule has 19 heavy (non-hydrogen) atoms. The molecule has 2 heterocycles. The fourth-order valence-corrected chi connectivity index (χ4v) is 2.49. The molecule has 0 bridgehead atoms. The van der Waals surface area contributed by atoms with Gasteiger partial charge in [0.15, 0.2) is 0 Å². The number of nitrogens with two attached hydrogens (primary N) is 1. The average Bonchev–Trinajstić information content (AvgIpc) is 3.00. The lowest BCUT2D eigenvalue weighted by Gasteiger charge is -2.11. The molecule has 0 spiro atoms. The molecule has 1 aliphatic heterocycles. The van der Waals surface area contributed by atoms with Crippen LogP contribution in [0.2, 0.25) is 0 Å². The lowest BCUT2D eigenvalue weighted by atomic mass is 10.2. The SMILES string of the molecule is N[C@@H]1CCN(Cc2nnc(-c3ccc(Br)cc3)o2)C1. The first-order chi connectivity index (χ1) is 9.20. The summed E-state index contributed by atoms with van der Waals surface area (Å²) >= 11 is 3.40. The standard InChI is InChI=1S/C13H15BrN4O/c14-10-3-1-9(2-4-10)13-17-16-12(19-13)8-18-6-5-11(15)7-18/h1-4,11H,5-8,15H2/t11-/m1/s1. The Morgan fingerprint density at radius 1 is 1.32 bits per heavy atom. The van der Waals surface area contributed by atoms with Crippen molar-refractivity contribution in [2.75, 3.05) is 13.1 Å². The Kier molecular flexibility index (Phi) is 3.63. The van der Waals surface area contributed by atoms with E-state index < -0.39 is 0 Å². The van der Waals surface area contributed by atoms with E-state index in [4.69, 9.17) is 10.2 Å². The van der Waals surface area contributed by atoms with E-state index in [0.29, 0.717) is 18.3 Å². The van der Waals surface area contributed by atoms with Crippen LogP contribution in [0, 0.1) is 0 Å². The van der Waals surface area contributed by atoms with Crippen molar-refractivity contribution in [1.29, 1.82) is 0 Å². The minimum Gasteiger partial charge on any atom is -0.419 e. The normalized spacial score (nSPS) is 20.0. The van der Waals surface area contributed by atoms with Crippen molar-refractivity contribution in [2.24, 2.45) is 5.73 Å². The molecule has 100 valence electrons. The van der Waals surface area contributed by atoms with Crippen molar-refractivity contribution in [3.05, 3.63) is 34.6 Å². The van der Waals surface area contributed by atoms with E-state index in [1.54, 1.807) is 0 Å². The Morgan fingerprint density at radius 3 is 2.79 bits per heavy atom. The van der Waals surface area contributed by atoms with Gasteiger partial charge >= 0.3 is 0 Å². The van der Waals surface area contributed by atoms with E-state index in [0.717, 1.165) is 29.5 Å². The number of rotatable bonds is 3. The molecule has 1 saturated heterocycles. The Balaban J connectivity index is 1.71. The van der Waals surface area contributed by atoms with Crippen LogP contribution < -0.4 is 5.73 Å². The molecule has 5 nitrogen and oxygen atoms in total. The number of aromatic nitrogens is 2. The quantitative estimate of drug-likeness (QED) is 0.936. The van der Waals surface area contributed by atoms with Crippen LogP contribution in [-0.4, -0.2) is 34.2 Å². The first-order valence-corrected chi connectivity index (χ1v) is 7.06. The second-order valence-corrected chi connectivity index (χ2v) is 5.71. The molecule has 1 aliphatic rings. The van der Waals surface area contributed by atoms with Crippen LogP contribution in [0.1, 0.15) is 12.3 Å². The summed E-state index contributed by atoms with van der Waals surface area (Å²) < 4.78 is 6.72. The van der Waals surface area contributed by atoms with Gasteiger partial charge in [-0.05, 0) is 30.7 Å². The van der Waals surface area contributed by atoms with Crippen LogP contribution in [0.3, 0.4) is 0 Å². The van der Waals surface area contributed by atoms with Crippen molar-refractivity contribution in [3.63, 3.8) is 0 Å². The van der Waals surface area contributed by atoms with Crippen LogP contribution in [0.25, 0.3) is 11.5 Å². The Bertz CT molecular complexity index is 554. The minimum absolute atomic E-state index is 0.272. The van der Waals surface area contributed by atoms with Crippen LogP contribution in [-0.2, 0) is 6.54 Å². The third-order valence-corrected chi connectivity index (χ3v) is 3.75. The van der Waals surface area contributed by atoms with Crippen molar-refractivity contribution in [3.8, 4) is 11.5 Å². The lowest BCUT2D eigenvalue weighted by molar-refractivity contribution is 0.289. The van der Waals surface area contributed by atoms with Crippen molar-refractivity contribution in [1.82, 2.24) is 15.1 Å². The molecule has 6 heteroatoms. The zero-order valence-corrected chi connectivity index (χ0v) is 12.0. The molecule has 0 saturated carbocycles. The number of benzene rings is 1. The number of hydrogen-bond donors (Lipinski definition) is 1. The number of likely N-dealkylation sites (tertiary alicyclic amines) is 1. The molecule has 0 radical (unpaired) electrons. The summed E-state index contributed by atoms with van der Waals surface area (Å²) in [6, 6.07) is 8.09. The predicted octanol–water partition coefficient (Wildman–Crippen LogP) is 2.03. The summed E-state index contributed by atoms with van der Waals surface area (Å²) in [6.07, 6.45) is 1.04. The number of halogens is 1. The molecule has 0 unspecified atom stereocenters. The van der Waals surface area contributed by atoms with Crippen molar-refractivity contribution in [2.45, 2.75) is 19.0 Å². The van der Waals surface area contributed by atoms with Crippen molar-refractivity contribution < 1.29 is 4.42 Å². The van der Waals surface area contributed by atoms with Gasteiger partial charge in [-0.1, -0.05) is 15.9 Å². The minimum atomic E-state index is 0.272. The van der Waals surface area contributed by atoms with E-state index in [1.807, 2.05) is 24.3 Å². The summed E-state index contributed by atoms with van der Waals surface area (Å²) in [4.78, 5) is 2.24. The van der Waals surface area contributed by atoms with Gasteiger partial charge < -0.3 is 10.2 Å². The molecule has 1 aromatic heterocycles. The monoisotopic (exact) mass is 322 g/mol. The maximum atomic E-state index is 5.88. The molecular weight excluding hydrogens is 308 g/mol. The summed E-state index contributed by atoms with van der Waals surface area (Å²) in [7, 11) is 0. The van der Waals surface area contributed by atoms with Crippen molar-refractivity contribution >= 4 is 15.9 Å². The zero-order valence-electron chi connectivity index (χ0n) is 10.4. The molecule has 1 aromatic carbocycles. The summed E-state index contributed by atoms with van der Waals surface area (Å²) in [5.41, 5.74) is 6.81.